The Balaban J connectivity index is 2.11. The van der Waals surface area contributed by atoms with Crippen LogP contribution in [-0.4, -0.2) is 8.42 Å². The Bertz CT molecular complexity index is 703. The van der Waals surface area contributed by atoms with Gasteiger partial charge in [0.2, 0.25) is 0 Å². The van der Waals surface area contributed by atoms with Crippen molar-refractivity contribution in [3.05, 3.63) is 74.0 Å². The van der Waals surface area contributed by atoms with Gasteiger partial charge in [0.15, 0.2) is 9.84 Å². The highest BCUT2D eigenvalue weighted by Gasteiger charge is 2.07. The molecule has 5 heteroatoms. The van der Waals surface area contributed by atoms with Gasteiger partial charge in [-0.15, -0.1) is 0 Å². The van der Waals surface area contributed by atoms with E-state index >= 15 is 0 Å². The molecule has 0 saturated heterocycles. The zero-order valence-electron chi connectivity index (χ0n) is 10.5. The smallest absolute Gasteiger partial charge is 0.175 e. The van der Waals surface area contributed by atoms with E-state index in [1.165, 1.54) is 5.41 Å². The topological polar surface area (TPSA) is 34.1 Å². The molecule has 0 aliphatic heterocycles. The SMILES string of the molecule is O=S(=O)(/C=C/c1ccc(Br)cc1)Cc1ccc(Br)cc1. The summed E-state index contributed by atoms with van der Waals surface area (Å²) in [6.45, 7) is 0. The fraction of sp³-hybridized carbons (Fsp3) is 0.0667. The maximum absolute atomic E-state index is 12.0. The molecular weight excluding hydrogens is 404 g/mol. The molecule has 0 N–H and O–H groups in total. The average Bonchev–Trinajstić information content (AvgIpc) is 2.41. The molecule has 0 radical (unpaired) electrons. The molecule has 0 fully saturated rings. The van der Waals surface area contributed by atoms with Crippen molar-refractivity contribution in [1.82, 2.24) is 0 Å². The van der Waals surface area contributed by atoms with Crippen molar-refractivity contribution < 1.29 is 8.42 Å². The zero-order valence-corrected chi connectivity index (χ0v) is 14.4. The first-order chi connectivity index (χ1) is 9.44. The van der Waals surface area contributed by atoms with Gasteiger partial charge in [0.25, 0.3) is 0 Å². The second kappa shape index (κ2) is 6.70. The molecule has 0 aliphatic rings. The molecule has 104 valence electrons. The Hall–Kier alpha value is -0.910. The quantitative estimate of drug-likeness (QED) is 0.718. The van der Waals surface area contributed by atoms with Crippen LogP contribution in [0.15, 0.2) is 62.9 Å². The molecular formula is C15H12Br2O2S. The average molecular weight is 416 g/mol. The molecule has 0 amide bonds. The van der Waals surface area contributed by atoms with E-state index in [4.69, 9.17) is 0 Å². The third kappa shape index (κ3) is 4.89. The van der Waals surface area contributed by atoms with Crippen molar-refractivity contribution in [1.29, 1.82) is 0 Å². The third-order valence-electron chi connectivity index (χ3n) is 2.62. The highest BCUT2D eigenvalue weighted by atomic mass is 79.9. The van der Waals surface area contributed by atoms with Crippen LogP contribution in [0.1, 0.15) is 11.1 Å². The largest absolute Gasteiger partial charge is 0.224 e. The Kier molecular flexibility index (Phi) is 5.18. The summed E-state index contributed by atoms with van der Waals surface area (Å²) in [4.78, 5) is 0. The molecule has 0 aromatic heterocycles. The Morgan fingerprint density at radius 3 is 1.90 bits per heavy atom. The van der Waals surface area contributed by atoms with Crippen LogP contribution in [0, 0.1) is 0 Å². The van der Waals surface area contributed by atoms with E-state index in [0.717, 1.165) is 20.1 Å². The third-order valence-corrected chi connectivity index (χ3v) is 4.96. The van der Waals surface area contributed by atoms with Gasteiger partial charge in [0.1, 0.15) is 0 Å². The van der Waals surface area contributed by atoms with E-state index in [1.54, 1.807) is 18.2 Å². The number of benzene rings is 2. The van der Waals surface area contributed by atoms with Gasteiger partial charge >= 0.3 is 0 Å². The molecule has 0 unspecified atom stereocenters. The summed E-state index contributed by atoms with van der Waals surface area (Å²) in [5.74, 6) is 0.00725. The lowest BCUT2D eigenvalue weighted by Gasteiger charge is -2.00. The van der Waals surface area contributed by atoms with Gasteiger partial charge in [0.05, 0.1) is 5.75 Å². The maximum atomic E-state index is 12.0. The van der Waals surface area contributed by atoms with E-state index in [9.17, 15) is 8.42 Å². The van der Waals surface area contributed by atoms with Gasteiger partial charge in [-0.05, 0) is 41.5 Å². The van der Waals surface area contributed by atoms with Crippen molar-refractivity contribution in [3.63, 3.8) is 0 Å². The molecule has 0 atom stereocenters. The first kappa shape index (κ1) is 15.5. The van der Waals surface area contributed by atoms with Crippen LogP contribution in [0.3, 0.4) is 0 Å². The zero-order chi connectivity index (χ0) is 14.6. The van der Waals surface area contributed by atoms with E-state index in [0.29, 0.717) is 0 Å². The van der Waals surface area contributed by atoms with E-state index in [-0.39, 0.29) is 5.75 Å². The van der Waals surface area contributed by atoms with Crippen LogP contribution in [0.4, 0.5) is 0 Å². The summed E-state index contributed by atoms with van der Waals surface area (Å²) in [6.07, 6.45) is 1.61. The normalized spacial score (nSPS) is 11.9. The minimum absolute atomic E-state index is 0.00725. The van der Waals surface area contributed by atoms with Crippen LogP contribution in [-0.2, 0) is 15.6 Å². The first-order valence-corrected chi connectivity index (χ1v) is 9.16. The number of hydrogen-bond donors (Lipinski definition) is 0. The molecule has 2 aromatic rings. The summed E-state index contributed by atoms with van der Waals surface area (Å²) >= 11 is 6.66. The first-order valence-electron chi connectivity index (χ1n) is 5.85. The molecule has 2 nitrogen and oxygen atoms in total. The number of halogens is 2. The van der Waals surface area contributed by atoms with E-state index in [2.05, 4.69) is 31.9 Å². The van der Waals surface area contributed by atoms with E-state index < -0.39 is 9.84 Å². The number of sulfone groups is 1. The van der Waals surface area contributed by atoms with Gasteiger partial charge in [0, 0.05) is 14.4 Å². The van der Waals surface area contributed by atoms with Crippen LogP contribution >= 0.6 is 31.9 Å². The minimum Gasteiger partial charge on any atom is -0.224 e. The van der Waals surface area contributed by atoms with Gasteiger partial charge in [-0.2, -0.15) is 0 Å². The fourth-order valence-corrected chi connectivity index (χ4v) is 3.26. The lowest BCUT2D eigenvalue weighted by Crippen LogP contribution is -1.99. The van der Waals surface area contributed by atoms with Crippen molar-refractivity contribution >= 4 is 47.8 Å². The Labute approximate surface area is 135 Å². The molecule has 0 spiro atoms. The minimum atomic E-state index is -3.26. The molecule has 0 bridgehead atoms. The second-order valence-electron chi connectivity index (χ2n) is 4.29. The lowest BCUT2D eigenvalue weighted by molar-refractivity contribution is 0.604. The predicted octanol–water partition coefficient (Wildman–Crippen LogP) is 4.80. The summed E-state index contributed by atoms with van der Waals surface area (Å²) in [6, 6.07) is 14.7. The van der Waals surface area contributed by atoms with Crippen LogP contribution in [0.5, 0.6) is 0 Å². The maximum Gasteiger partial charge on any atom is 0.175 e. The lowest BCUT2D eigenvalue weighted by atomic mass is 10.2. The monoisotopic (exact) mass is 414 g/mol. The van der Waals surface area contributed by atoms with Crippen molar-refractivity contribution in [3.8, 4) is 0 Å². The molecule has 20 heavy (non-hydrogen) atoms. The van der Waals surface area contributed by atoms with Crippen LogP contribution in [0.25, 0.3) is 6.08 Å². The van der Waals surface area contributed by atoms with Gasteiger partial charge < -0.3 is 0 Å². The summed E-state index contributed by atoms with van der Waals surface area (Å²) < 4.78 is 25.9. The van der Waals surface area contributed by atoms with Gasteiger partial charge in [-0.1, -0.05) is 56.1 Å². The predicted molar refractivity (Wildman–Crippen MR) is 89.9 cm³/mol. The van der Waals surface area contributed by atoms with Gasteiger partial charge in [-0.3, -0.25) is 0 Å². The summed E-state index contributed by atoms with van der Waals surface area (Å²) in [5, 5.41) is 1.26. The fourth-order valence-electron chi connectivity index (χ4n) is 1.62. The Morgan fingerprint density at radius 2 is 1.35 bits per heavy atom. The van der Waals surface area contributed by atoms with Crippen LogP contribution in [0.2, 0.25) is 0 Å². The van der Waals surface area contributed by atoms with Gasteiger partial charge in [-0.25, -0.2) is 8.42 Å². The second-order valence-corrected chi connectivity index (χ2v) is 8.01. The standard InChI is InChI=1S/C15H12Br2O2S/c16-14-5-1-12(2-6-14)9-10-20(18,19)11-13-3-7-15(17)8-4-13/h1-10H,11H2/b10-9+. The number of rotatable bonds is 4. The van der Waals surface area contributed by atoms with E-state index in [1.807, 2.05) is 36.4 Å². The summed E-state index contributed by atoms with van der Waals surface area (Å²) in [7, 11) is -3.26. The van der Waals surface area contributed by atoms with Crippen molar-refractivity contribution in [2.45, 2.75) is 5.75 Å². The molecule has 2 aromatic carbocycles. The molecule has 0 heterocycles. The molecule has 2 rings (SSSR count). The molecule has 0 saturated carbocycles. The number of hydrogen-bond acceptors (Lipinski definition) is 2. The highest BCUT2D eigenvalue weighted by molar-refractivity contribution is 9.10. The van der Waals surface area contributed by atoms with Crippen LogP contribution < -0.4 is 0 Å². The van der Waals surface area contributed by atoms with Crippen molar-refractivity contribution in [2.75, 3.05) is 0 Å². The Morgan fingerprint density at radius 1 is 0.850 bits per heavy atom. The van der Waals surface area contributed by atoms with Crippen molar-refractivity contribution in [2.24, 2.45) is 0 Å². The highest BCUT2D eigenvalue weighted by Crippen LogP contribution is 2.15. The summed E-state index contributed by atoms with van der Waals surface area (Å²) in [5.41, 5.74) is 1.63. The molecule has 0 aliphatic carbocycles.